The Kier molecular flexibility index (Phi) is 6.06. The molecule has 2 aromatic heterocycles. The first-order chi connectivity index (χ1) is 11.6. The highest BCUT2D eigenvalue weighted by atomic mass is 16.5. The molecular weight excluding hydrogens is 308 g/mol. The van der Waals surface area contributed by atoms with Gasteiger partial charge in [0.2, 0.25) is 11.8 Å². The molecule has 128 valence electrons. The molecule has 2 aromatic rings. The van der Waals surface area contributed by atoms with E-state index in [1.54, 1.807) is 24.5 Å². The first-order valence-electron chi connectivity index (χ1n) is 8.09. The van der Waals surface area contributed by atoms with Crippen LogP contribution in [0.2, 0.25) is 0 Å². The van der Waals surface area contributed by atoms with E-state index in [0.29, 0.717) is 5.56 Å². The maximum absolute atomic E-state index is 12.4. The van der Waals surface area contributed by atoms with Gasteiger partial charge < -0.3 is 10.3 Å². The van der Waals surface area contributed by atoms with E-state index >= 15 is 0 Å². The Bertz CT molecular complexity index is 691. The Labute approximate surface area is 140 Å². The van der Waals surface area contributed by atoms with Gasteiger partial charge >= 0.3 is 0 Å². The van der Waals surface area contributed by atoms with Gasteiger partial charge in [-0.25, -0.2) is 0 Å². The molecule has 0 aliphatic rings. The molecule has 0 spiro atoms. The summed E-state index contributed by atoms with van der Waals surface area (Å²) in [5, 5.41) is 6.54. The summed E-state index contributed by atoms with van der Waals surface area (Å²) in [6.07, 6.45) is 6.50. The number of nitrogens with one attached hydrogen (secondary N) is 1. The van der Waals surface area contributed by atoms with Crippen LogP contribution in [0.5, 0.6) is 0 Å². The number of anilines is 1. The normalized spacial score (nSPS) is 10.8. The van der Waals surface area contributed by atoms with Crippen LogP contribution in [-0.2, 0) is 4.79 Å². The average Bonchev–Trinajstić information content (AvgIpc) is 2.99. The molecule has 2 amide bonds. The van der Waals surface area contributed by atoms with Gasteiger partial charge in [-0.1, -0.05) is 31.8 Å². The highest BCUT2D eigenvalue weighted by Gasteiger charge is 2.26. The molecular formula is C17H22N4O3. The molecule has 0 bridgehead atoms. The first-order valence-corrected chi connectivity index (χ1v) is 8.09. The molecule has 2 rings (SSSR count). The maximum atomic E-state index is 12.4. The Morgan fingerprint density at radius 3 is 2.54 bits per heavy atom. The molecule has 0 aliphatic carbocycles. The molecule has 3 N–H and O–H groups in total. The van der Waals surface area contributed by atoms with Crippen molar-refractivity contribution >= 4 is 17.7 Å². The summed E-state index contributed by atoms with van der Waals surface area (Å²) >= 11 is 0. The van der Waals surface area contributed by atoms with Crippen molar-refractivity contribution < 1.29 is 14.1 Å². The van der Waals surface area contributed by atoms with Crippen molar-refractivity contribution in [1.29, 1.82) is 0 Å². The second kappa shape index (κ2) is 8.24. The van der Waals surface area contributed by atoms with Gasteiger partial charge in [-0.3, -0.25) is 19.9 Å². The molecule has 2 heterocycles. The van der Waals surface area contributed by atoms with E-state index < -0.39 is 5.91 Å². The smallest absolute Gasteiger partial charge is 0.256 e. The standard InChI is InChI=1S/C17H22N4O3/c1-3-6-11(7-4-2)16(23)20-17-13(15(18)22)14(21-24-17)12-8-5-9-19-10-12/h5,8-11H,3-4,6-7H2,1-2H3,(H2,18,22)(H,20,23). The second-order valence-electron chi connectivity index (χ2n) is 5.60. The first kappa shape index (κ1) is 17.7. The van der Waals surface area contributed by atoms with Gasteiger partial charge in [0.05, 0.1) is 0 Å². The van der Waals surface area contributed by atoms with Gasteiger partial charge in [0.1, 0.15) is 11.3 Å². The summed E-state index contributed by atoms with van der Waals surface area (Å²) in [5.41, 5.74) is 6.38. The lowest BCUT2D eigenvalue weighted by Crippen LogP contribution is -2.24. The van der Waals surface area contributed by atoms with E-state index in [1.807, 2.05) is 13.8 Å². The summed E-state index contributed by atoms with van der Waals surface area (Å²) in [4.78, 5) is 28.3. The average molecular weight is 330 g/mol. The van der Waals surface area contributed by atoms with Crippen LogP contribution >= 0.6 is 0 Å². The van der Waals surface area contributed by atoms with E-state index in [-0.39, 0.29) is 29.0 Å². The fraction of sp³-hybridized carbons (Fsp3) is 0.412. The third-order valence-corrected chi connectivity index (χ3v) is 3.76. The highest BCUT2D eigenvalue weighted by Crippen LogP contribution is 2.28. The number of aromatic nitrogens is 2. The fourth-order valence-corrected chi connectivity index (χ4v) is 2.62. The van der Waals surface area contributed by atoms with Crippen LogP contribution in [0.15, 0.2) is 29.0 Å². The highest BCUT2D eigenvalue weighted by molar-refractivity contribution is 6.06. The number of nitrogens with two attached hydrogens (primary N) is 1. The number of carbonyl (C=O) groups is 2. The van der Waals surface area contributed by atoms with Crippen molar-refractivity contribution in [3.8, 4) is 11.3 Å². The lowest BCUT2D eigenvalue weighted by molar-refractivity contribution is -0.120. The predicted molar refractivity (Wildman–Crippen MR) is 90.2 cm³/mol. The molecule has 7 heteroatoms. The number of nitrogens with zero attached hydrogens (tertiary/aromatic N) is 2. The summed E-state index contributed by atoms with van der Waals surface area (Å²) in [6, 6.07) is 3.45. The zero-order valence-electron chi connectivity index (χ0n) is 13.9. The minimum absolute atomic E-state index is 0.0106. The van der Waals surface area contributed by atoms with Crippen LogP contribution in [0, 0.1) is 5.92 Å². The van der Waals surface area contributed by atoms with Crippen LogP contribution < -0.4 is 11.1 Å². The van der Waals surface area contributed by atoms with Gasteiger partial charge in [0.25, 0.3) is 5.91 Å². The second-order valence-corrected chi connectivity index (χ2v) is 5.60. The van der Waals surface area contributed by atoms with E-state index in [1.165, 1.54) is 0 Å². The Morgan fingerprint density at radius 1 is 1.29 bits per heavy atom. The van der Waals surface area contributed by atoms with Gasteiger partial charge in [0.15, 0.2) is 0 Å². The van der Waals surface area contributed by atoms with Crippen molar-refractivity contribution in [2.45, 2.75) is 39.5 Å². The quantitative estimate of drug-likeness (QED) is 0.773. The molecule has 0 aliphatic heterocycles. The van der Waals surface area contributed by atoms with Crippen molar-refractivity contribution in [3.63, 3.8) is 0 Å². The van der Waals surface area contributed by atoms with Crippen molar-refractivity contribution in [1.82, 2.24) is 10.1 Å². The lowest BCUT2D eigenvalue weighted by atomic mass is 9.97. The van der Waals surface area contributed by atoms with Gasteiger partial charge in [-0.2, -0.15) is 0 Å². The van der Waals surface area contributed by atoms with Crippen LogP contribution in [0.1, 0.15) is 49.9 Å². The number of hydrogen-bond acceptors (Lipinski definition) is 5. The molecule has 0 aromatic carbocycles. The monoisotopic (exact) mass is 330 g/mol. The van der Waals surface area contributed by atoms with E-state index in [4.69, 9.17) is 10.3 Å². The van der Waals surface area contributed by atoms with Gasteiger partial charge in [-0.15, -0.1) is 0 Å². The number of pyridine rings is 1. The Balaban J connectivity index is 2.29. The van der Waals surface area contributed by atoms with E-state index in [0.717, 1.165) is 25.7 Å². The van der Waals surface area contributed by atoms with Crippen LogP contribution in [-0.4, -0.2) is 22.0 Å². The summed E-state index contributed by atoms with van der Waals surface area (Å²) in [5.74, 6) is -1.04. The van der Waals surface area contributed by atoms with Crippen molar-refractivity contribution in [2.75, 3.05) is 5.32 Å². The third-order valence-electron chi connectivity index (χ3n) is 3.76. The zero-order chi connectivity index (χ0) is 17.5. The maximum Gasteiger partial charge on any atom is 0.256 e. The largest absolute Gasteiger partial charge is 0.365 e. The Morgan fingerprint density at radius 2 is 2.00 bits per heavy atom. The van der Waals surface area contributed by atoms with Crippen LogP contribution in [0.25, 0.3) is 11.3 Å². The third kappa shape index (κ3) is 3.98. The lowest BCUT2D eigenvalue weighted by Gasteiger charge is -2.14. The number of carbonyl (C=O) groups excluding carboxylic acids is 2. The minimum Gasteiger partial charge on any atom is -0.365 e. The fourth-order valence-electron chi connectivity index (χ4n) is 2.62. The van der Waals surface area contributed by atoms with Crippen LogP contribution in [0.4, 0.5) is 5.88 Å². The molecule has 0 radical (unpaired) electrons. The zero-order valence-corrected chi connectivity index (χ0v) is 13.9. The van der Waals surface area contributed by atoms with Crippen LogP contribution in [0.3, 0.4) is 0 Å². The molecule has 24 heavy (non-hydrogen) atoms. The number of amides is 2. The topological polar surface area (TPSA) is 111 Å². The molecule has 0 saturated carbocycles. The molecule has 0 fully saturated rings. The molecule has 0 saturated heterocycles. The summed E-state index contributed by atoms with van der Waals surface area (Å²) < 4.78 is 5.18. The van der Waals surface area contributed by atoms with E-state index in [9.17, 15) is 9.59 Å². The minimum atomic E-state index is -0.715. The van der Waals surface area contributed by atoms with Gasteiger partial charge in [0, 0.05) is 23.9 Å². The SMILES string of the molecule is CCCC(CCC)C(=O)Nc1onc(-c2cccnc2)c1C(N)=O. The summed E-state index contributed by atoms with van der Waals surface area (Å²) in [7, 11) is 0. The van der Waals surface area contributed by atoms with Crippen molar-refractivity contribution in [3.05, 3.63) is 30.1 Å². The van der Waals surface area contributed by atoms with E-state index in [2.05, 4.69) is 15.5 Å². The van der Waals surface area contributed by atoms with Gasteiger partial charge in [-0.05, 0) is 25.0 Å². The molecule has 7 nitrogen and oxygen atoms in total. The molecule has 0 unspecified atom stereocenters. The summed E-state index contributed by atoms with van der Waals surface area (Å²) in [6.45, 7) is 4.06. The number of hydrogen-bond donors (Lipinski definition) is 2. The number of primary amides is 1. The van der Waals surface area contributed by atoms with Crippen molar-refractivity contribution in [2.24, 2.45) is 11.7 Å². The molecule has 0 atom stereocenters. The Hall–Kier alpha value is -2.70. The number of rotatable bonds is 8. The predicted octanol–water partition coefficient (Wildman–Crippen LogP) is 2.99.